The Bertz CT molecular complexity index is 530. The molecule has 0 radical (unpaired) electrons. The van der Waals surface area contributed by atoms with Gasteiger partial charge in [-0.3, -0.25) is 0 Å². The third-order valence-corrected chi connectivity index (χ3v) is 5.06. The van der Waals surface area contributed by atoms with Gasteiger partial charge in [0.25, 0.3) is 0 Å². The van der Waals surface area contributed by atoms with Gasteiger partial charge in [-0.05, 0) is 42.3 Å². The highest BCUT2D eigenvalue weighted by Gasteiger charge is 2.17. The van der Waals surface area contributed by atoms with E-state index >= 15 is 0 Å². The van der Waals surface area contributed by atoms with Crippen molar-refractivity contribution in [1.29, 1.82) is 0 Å². The molecule has 0 saturated carbocycles. The third-order valence-electron chi connectivity index (χ3n) is 2.66. The second-order valence-electron chi connectivity index (χ2n) is 4.05. The summed E-state index contributed by atoms with van der Waals surface area (Å²) in [7, 11) is 0. The molecular weight excluding hydrogens is 443 g/mol. The molecule has 0 nitrogen and oxygen atoms in total. The summed E-state index contributed by atoms with van der Waals surface area (Å²) >= 11 is 17.2. The normalized spacial score (nSPS) is 12.5. The van der Waals surface area contributed by atoms with Gasteiger partial charge in [0, 0.05) is 13.4 Å². The van der Waals surface area contributed by atoms with Crippen LogP contribution < -0.4 is 0 Å². The maximum atomic E-state index is 6.61. The van der Waals surface area contributed by atoms with Crippen LogP contribution in [0.2, 0.25) is 0 Å². The van der Waals surface area contributed by atoms with Crippen molar-refractivity contribution in [2.45, 2.75) is 12.3 Å². The molecule has 18 heavy (non-hydrogen) atoms. The van der Waals surface area contributed by atoms with Gasteiger partial charge in [0.15, 0.2) is 0 Å². The number of benzene rings is 2. The maximum Gasteiger partial charge on any atom is 0.0857 e. The van der Waals surface area contributed by atoms with Gasteiger partial charge >= 0.3 is 0 Å². The topological polar surface area (TPSA) is 0 Å². The minimum Gasteiger partial charge on any atom is -0.113 e. The first-order valence-electron chi connectivity index (χ1n) is 5.34. The van der Waals surface area contributed by atoms with Crippen LogP contribution in [0.5, 0.6) is 0 Å². The molecule has 94 valence electrons. The quantitative estimate of drug-likeness (QED) is 0.449. The van der Waals surface area contributed by atoms with E-state index in [0.29, 0.717) is 0 Å². The molecule has 1 unspecified atom stereocenters. The first-order chi connectivity index (χ1) is 8.49. The van der Waals surface area contributed by atoms with E-state index in [9.17, 15) is 0 Å². The van der Waals surface area contributed by atoms with Gasteiger partial charge in [-0.1, -0.05) is 65.5 Å². The summed E-state index contributed by atoms with van der Waals surface area (Å²) in [6.45, 7) is 2.06. The highest BCUT2D eigenvalue weighted by molar-refractivity contribution is 9.11. The first kappa shape index (κ1) is 14.6. The Morgan fingerprint density at radius 2 is 1.44 bits per heavy atom. The number of rotatable bonds is 2. The Morgan fingerprint density at radius 1 is 0.889 bits per heavy atom. The van der Waals surface area contributed by atoms with Crippen LogP contribution in [0, 0.1) is 6.92 Å². The molecule has 2 aromatic carbocycles. The summed E-state index contributed by atoms with van der Waals surface area (Å²) in [5, 5.41) is -0.189. The second-order valence-corrected chi connectivity index (χ2v) is 7.11. The SMILES string of the molecule is Cc1ccc(Br)c(C(Cl)c2cc(Br)ccc2Br)c1. The molecule has 0 spiro atoms. The molecule has 0 fully saturated rings. The third kappa shape index (κ3) is 3.19. The molecule has 2 aromatic rings. The molecule has 0 aromatic heterocycles. The molecule has 4 heteroatoms. The lowest BCUT2D eigenvalue weighted by molar-refractivity contribution is 1.11. The van der Waals surface area contributed by atoms with Crippen LogP contribution in [0.3, 0.4) is 0 Å². The largest absolute Gasteiger partial charge is 0.113 e. The van der Waals surface area contributed by atoms with Crippen molar-refractivity contribution < 1.29 is 0 Å². The van der Waals surface area contributed by atoms with Crippen LogP contribution in [0.1, 0.15) is 22.1 Å². The van der Waals surface area contributed by atoms with Crippen molar-refractivity contribution in [1.82, 2.24) is 0 Å². The van der Waals surface area contributed by atoms with Gasteiger partial charge in [-0.25, -0.2) is 0 Å². The van der Waals surface area contributed by atoms with Crippen molar-refractivity contribution in [3.63, 3.8) is 0 Å². The average molecular weight is 453 g/mol. The smallest absolute Gasteiger partial charge is 0.0857 e. The van der Waals surface area contributed by atoms with Crippen LogP contribution in [0.4, 0.5) is 0 Å². The molecule has 0 N–H and O–H groups in total. The number of aryl methyl sites for hydroxylation is 1. The highest BCUT2D eigenvalue weighted by Crippen LogP contribution is 2.38. The van der Waals surface area contributed by atoms with E-state index in [1.807, 2.05) is 24.3 Å². The number of hydrogen-bond donors (Lipinski definition) is 0. The summed E-state index contributed by atoms with van der Waals surface area (Å²) in [6.07, 6.45) is 0. The Balaban J connectivity index is 2.50. The van der Waals surface area contributed by atoms with Gasteiger partial charge in [0.2, 0.25) is 0 Å². The van der Waals surface area contributed by atoms with E-state index in [4.69, 9.17) is 11.6 Å². The van der Waals surface area contributed by atoms with E-state index in [2.05, 4.69) is 66.8 Å². The Morgan fingerprint density at radius 3 is 2.11 bits per heavy atom. The van der Waals surface area contributed by atoms with Gasteiger partial charge in [0.05, 0.1) is 5.38 Å². The van der Waals surface area contributed by atoms with Crippen LogP contribution in [0.25, 0.3) is 0 Å². The van der Waals surface area contributed by atoms with Gasteiger partial charge < -0.3 is 0 Å². The lowest BCUT2D eigenvalue weighted by Gasteiger charge is -2.15. The predicted molar refractivity (Wildman–Crippen MR) is 88.4 cm³/mol. The summed E-state index contributed by atoms with van der Waals surface area (Å²) in [4.78, 5) is 0. The minimum atomic E-state index is -0.189. The number of alkyl halides is 1. The van der Waals surface area contributed by atoms with Crippen LogP contribution in [-0.4, -0.2) is 0 Å². The van der Waals surface area contributed by atoms with Crippen molar-refractivity contribution in [3.05, 3.63) is 66.5 Å². The lowest BCUT2D eigenvalue weighted by atomic mass is 10.0. The molecule has 0 heterocycles. The molecule has 0 aliphatic heterocycles. The zero-order chi connectivity index (χ0) is 13.3. The first-order valence-corrected chi connectivity index (χ1v) is 8.15. The van der Waals surface area contributed by atoms with Gasteiger partial charge in [-0.2, -0.15) is 0 Å². The van der Waals surface area contributed by atoms with Crippen LogP contribution in [-0.2, 0) is 0 Å². The molecule has 0 bridgehead atoms. The van der Waals surface area contributed by atoms with E-state index in [1.54, 1.807) is 0 Å². The van der Waals surface area contributed by atoms with E-state index in [0.717, 1.165) is 24.5 Å². The summed E-state index contributed by atoms with van der Waals surface area (Å²) in [6, 6.07) is 12.2. The predicted octanol–water partition coefficient (Wildman–Crippen LogP) is 6.61. The fourth-order valence-corrected chi connectivity index (χ4v) is 3.69. The minimum absolute atomic E-state index is 0.189. The van der Waals surface area contributed by atoms with Crippen molar-refractivity contribution in [3.8, 4) is 0 Å². The molecular formula is C14H10Br3Cl. The standard InChI is InChI=1S/C14H10Br3Cl/c1-8-2-4-12(16)10(6-8)14(18)11-7-9(15)3-5-13(11)17/h2-7,14H,1H3. The van der Waals surface area contributed by atoms with Crippen LogP contribution >= 0.6 is 59.4 Å². The lowest BCUT2D eigenvalue weighted by Crippen LogP contribution is -1.96. The Hall–Kier alpha value is 0.170. The molecule has 2 rings (SSSR count). The van der Waals surface area contributed by atoms with Gasteiger partial charge in [-0.15, -0.1) is 11.6 Å². The van der Waals surface area contributed by atoms with Crippen molar-refractivity contribution in [2.24, 2.45) is 0 Å². The molecule has 0 aliphatic carbocycles. The Labute approximate surface area is 137 Å². The second kappa shape index (κ2) is 6.08. The summed E-state index contributed by atoms with van der Waals surface area (Å²) in [5.41, 5.74) is 3.33. The van der Waals surface area contributed by atoms with E-state index in [1.165, 1.54) is 5.56 Å². The zero-order valence-corrected chi connectivity index (χ0v) is 15.1. The van der Waals surface area contributed by atoms with Gasteiger partial charge in [0.1, 0.15) is 0 Å². The van der Waals surface area contributed by atoms with Crippen LogP contribution in [0.15, 0.2) is 49.8 Å². The Kier molecular flexibility index (Phi) is 4.92. The van der Waals surface area contributed by atoms with E-state index < -0.39 is 0 Å². The highest BCUT2D eigenvalue weighted by atomic mass is 79.9. The van der Waals surface area contributed by atoms with Crippen molar-refractivity contribution >= 4 is 59.4 Å². The fourth-order valence-electron chi connectivity index (χ4n) is 1.73. The average Bonchev–Trinajstić information content (AvgIpc) is 2.34. The molecule has 0 aliphatic rings. The summed E-state index contributed by atoms with van der Waals surface area (Å²) in [5.74, 6) is 0. The fraction of sp³-hybridized carbons (Fsp3) is 0.143. The summed E-state index contributed by atoms with van der Waals surface area (Å²) < 4.78 is 3.06. The van der Waals surface area contributed by atoms with E-state index in [-0.39, 0.29) is 5.38 Å². The molecule has 0 saturated heterocycles. The van der Waals surface area contributed by atoms with Crippen molar-refractivity contribution in [2.75, 3.05) is 0 Å². The number of halogens is 4. The maximum absolute atomic E-state index is 6.61. The zero-order valence-electron chi connectivity index (χ0n) is 9.55. The molecule has 1 atom stereocenters. The molecule has 0 amide bonds. The monoisotopic (exact) mass is 450 g/mol. The number of hydrogen-bond acceptors (Lipinski definition) is 0.